The number of hydrogen-bond donors (Lipinski definition) is 0. The van der Waals surface area contributed by atoms with Crippen LogP contribution in [0, 0.1) is 11.3 Å². The summed E-state index contributed by atoms with van der Waals surface area (Å²) in [5, 5.41) is 13.5. The van der Waals surface area contributed by atoms with Crippen LogP contribution in [0.15, 0.2) is 12.1 Å². The van der Waals surface area contributed by atoms with Crippen molar-refractivity contribution >= 4 is 52.3 Å². The van der Waals surface area contributed by atoms with Crippen LogP contribution in [-0.4, -0.2) is 21.6 Å². The first-order valence-electron chi connectivity index (χ1n) is 8.24. The minimum Gasteiger partial charge on any atom is -0.274 e. The first kappa shape index (κ1) is 21.2. The zero-order valence-corrected chi connectivity index (χ0v) is 17.3. The lowest BCUT2D eigenvalue weighted by Gasteiger charge is -2.23. The fraction of sp³-hybridized carbons (Fsp3) is 0.333. The predicted octanol–water partition coefficient (Wildman–Crippen LogP) is 4.79. The monoisotopic (exact) mass is 426 g/mol. The van der Waals surface area contributed by atoms with Gasteiger partial charge < -0.3 is 0 Å². The number of carbonyl (C=O) groups excluding carboxylic acids is 2. The second kappa shape index (κ2) is 8.75. The van der Waals surface area contributed by atoms with Gasteiger partial charge in [-0.2, -0.15) is 10.4 Å². The van der Waals surface area contributed by atoms with Gasteiger partial charge in [-0.15, -0.1) is 0 Å². The lowest BCUT2D eigenvalue weighted by atomic mass is 10.1. The Labute approximate surface area is 172 Å². The summed E-state index contributed by atoms with van der Waals surface area (Å²) < 4.78 is 1.33. The largest absolute Gasteiger partial charge is 0.284 e. The second-order valence-corrected chi connectivity index (χ2v) is 6.96. The highest BCUT2D eigenvalue weighted by Crippen LogP contribution is 2.37. The van der Waals surface area contributed by atoms with E-state index in [4.69, 9.17) is 40.1 Å². The number of imide groups is 1. The van der Waals surface area contributed by atoms with Crippen LogP contribution in [0.4, 0.5) is 5.69 Å². The average Bonchev–Trinajstić information content (AvgIpc) is 2.91. The number of rotatable bonds is 5. The summed E-state index contributed by atoms with van der Waals surface area (Å²) in [7, 11) is 1.57. The van der Waals surface area contributed by atoms with Crippen LogP contribution in [-0.2, 0) is 18.3 Å². The van der Waals surface area contributed by atoms with Gasteiger partial charge in [0.15, 0.2) is 0 Å². The van der Waals surface area contributed by atoms with Crippen molar-refractivity contribution in [1.29, 1.82) is 5.26 Å². The van der Waals surface area contributed by atoms with Gasteiger partial charge in [-0.1, -0.05) is 48.7 Å². The molecule has 0 aliphatic carbocycles. The van der Waals surface area contributed by atoms with Crippen molar-refractivity contribution < 1.29 is 9.59 Å². The van der Waals surface area contributed by atoms with Crippen molar-refractivity contribution in [3.8, 4) is 6.07 Å². The van der Waals surface area contributed by atoms with Crippen LogP contribution in [0.25, 0.3) is 0 Å². The molecule has 0 fully saturated rings. The topological polar surface area (TPSA) is 79.0 Å². The molecule has 2 rings (SSSR count). The van der Waals surface area contributed by atoms with Gasteiger partial charge in [0.1, 0.15) is 5.69 Å². The molecule has 0 unspecified atom stereocenters. The van der Waals surface area contributed by atoms with E-state index in [0.29, 0.717) is 18.5 Å². The van der Waals surface area contributed by atoms with E-state index in [9.17, 15) is 9.59 Å². The van der Waals surface area contributed by atoms with Crippen molar-refractivity contribution in [1.82, 2.24) is 9.78 Å². The van der Waals surface area contributed by atoms with E-state index >= 15 is 0 Å². The molecule has 0 aliphatic heterocycles. The first-order valence-corrected chi connectivity index (χ1v) is 9.37. The van der Waals surface area contributed by atoms with Crippen molar-refractivity contribution in [2.24, 2.45) is 7.05 Å². The van der Waals surface area contributed by atoms with Crippen LogP contribution in [0.2, 0.25) is 15.1 Å². The SMILES string of the molecule is CCCC(=O)N(C(=O)c1c(Cl)c(CC)nn1C)c1c(Cl)cc(C#N)cc1Cl. The molecule has 1 heterocycles. The Morgan fingerprint density at radius 2 is 1.81 bits per heavy atom. The minimum absolute atomic E-state index is 0.0193. The molecule has 0 N–H and O–H groups in total. The molecule has 0 aliphatic rings. The zero-order valence-electron chi connectivity index (χ0n) is 15.0. The molecule has 0 saturated carbocycles. The summed E-state index contributed by atoms with van der Waals surface area (Å²) >= 11 is 18.8. The molecule has 9 heteroatoms. The van der Waals surface area contributed by atoms with E-state index in [1.165, 1.54) is 16.8 Å². The molecule has 27 heavy (non-hydrogen) atoms. The van der Waals surface area contributed by atoms with Crippen molar-refractivity contribution in [2.45, 2.75) is 33.1 Å². The highest BCUT2D eigenvalue weighted by molar-refractivity contribution is 6.43. The zero-order chi connectivity index (χ0) is 20.3. The number of halogens is 3. The minimum atomic E-state index is -0.679. The second-order valence-electron chi connectivity index (χ2n) is 5.77. The number of carbonyl (C=O) groups is 2. The summed E-state index contributed by atoms with van der Waals surface area (Å²) in [6.45, 7) is 3.67. The number of nitriles is 1. The van der Waals surface area contributed by atoms with Crippen LogP contribution >= 0.6 is 34.8 Å². The fourth-order valence-electron chi connectivity index (χ4n) is 2.63. The van der Waals surface area contributed by atoms with Crippen molar-refractivity contribution in [2.75, 3.05) is 4.90 Å². The molecule has 1 aromatic carbocycles. The number of aromatic nitrogens is 2. The maximum atomic E-state index is 13.3. The number of benzene rings is 1. The quantitative estimate of drug-likeness (QED) is 0.687. The number of anilines is 1. The van der Waals surface area contributed by atoms with E-state index < -0.39 is 11.8 Å². The fourth-order valence-corrected chi connectivity index (χ4v) is 3.66. The highest BCUT2D eigenvalue weighted by atomic mass is 35.5. The molecule has 2 amide bonds. The van der Waals surface area contributed by atoms with Crippen LogP contribution in [0.1, 0.15) is 48.4 Å². The van der Waals surface area contributed by atoms with E-state index in [2.05, 4.69) is 5.10 Å². The Morgan fingerprint density at radius 1 is 1.22 bits per heavy atom. The lowest BCUT2D eigenvalue weighted by Crippen LogP contribution is -2.38. The molecule has 6 nitrogen and oxygen atoms in total. The maximum Gasteiger partial charge on any atom is 0.284 e. The van der Waals surface area contributed by atoms with Gasteiger partial charge in [0.2, 0.25) is 5.91 Å². The Morgan fingerprint density at radius 3 is 2.26 bits per heavy atom. The molecule has 0 bridgehead atoms. The number of amides is 2. The Bertz CT molecular complexity index is 924. The maximum absolute atomic E-state index is 13.3. The summed E-state index contributed by atoms with van der Waals surface area (Å²) in [6.07, 6.45) is 1.16. The summed E-state index contributed by atoms with van der Waals surface area (Å²) in [6, 6.07) is 4.63. The molecular formula is C18H17Cl3N4O2. The normalized spacial score (nSPS) is 10.6. The standard InChI is InChI=1S/C18H17Cl3N4O2/c1-4-6-14(26)25(16-11(19)7-10(9-22)8-12(16)20)18(27)17-15(21)13(5-2)23-24(17)3/h7-8H,4-6H2,1-3H3. The smallest absolute Gasteiger partial charge is 0.274 e. The van der Waals surface area contributed by atoms with E-state index in [1.807, 2.05) is 19.9 Å². The molecule has 0 saturated heterocycles. The first-order chi connectivity index (χ1) is 12.8. The molecule has 2 aromatic rings. The third kappa shape index (κ3) is 4.11. The van der Waals surface area contributed by atoms with Gasteiger partial charge in [-0.05, 0) is 25.0 Å². The molecule has 1 aromatic heterocycles. The summed E-state index contributed by atoms with van der Waals surface area (Å²) in [5.74, 6) is -1.16. The highest BCUT2D eigenvalue weighted by Gasteiger charge is 2.32. The van der Waals surface area contributed by atoms with E-state index in [-0.39, 0.29) is 38.4 Å². The van der Waals surface area contributed by atoms with Gasteiger partial charge >= 0.3 is 0 Å². The Kier molecular flexibility index (Phi) is 6.88. The predicted molar refractivity (Wildman–Crippen MR) is 105 cm³/mol. The summed E-state index contributed by atoms with van der Waals surface area (Å²) in [4.78, 5) is 26.9. The number of nitrogens with zero attached hydrogens (tertiary/aromatic N) is 4. The molecule has 0 radical (unpaired) electrons. The number of aryl methyl sites for hydroxylation is 2. The average molecular weight is 428 g/mol. The molecule has 0 atom stereocenters. The van der Waals surface area contributed by atoms with E-state index in [0.717, 1.165) is 4.90 Å². The van der Waals surface area contributed by atoms with E-state index in [1.54, 1.807) is 7.05 Å². The van der Waals surface area contributed by atoms with Crippen molar-refractivity contribution in [3.63, 3.8) is 0 Å². The Hall–Kier alpha value is -2.07. The van der Waals surface area contributed by atoms with Crippen LogP contribution in [0.5, 0.6) is 0 Å². The molecule has 142 valence electrons. The summed E-state index contributed by atoms with van der Waals surface area (Å²) in [5.41, 5.74) is 0.851. The molecular weight excluding hydrogens is 411 g/mol. The third-order valence-corrected chi connectivity index (χ3v) is 4.85. The van der Waals surface area contributed by atoms with Gasteiger partial charge in [0, 0.05) is 13.5 Å². The van der Waals surface area contributed by atoms with Crippen LogP contribution in [0.3, 0.4) is 0 Å². The number of hydrogen-bond acceptors (Lipinski definition) is 4. The molecule has 0 spiro atoms. The van der Waals surface area contributed by atoms with Gasteiger partial charge in [0.25, 0.3) is 5.91 Å². The lowest BCUT2D eigenvalue weighted by molar-refractivity contribution is -0.118. The Balaban J connectivity index is 2.68. The van der Waals surface area contributed by atoms with Crippen molar-refractivity contribution in [3.05, 3.63) is 44.2 Å². The third-order valence-electron chi connectivity index (χ3n) is 3.88. The van der Waals surface area contributed by atoms with Crippen LogP contribution < -0.4 is 4.90 Å². The van der Waals surface area contributed by atoms with Gasteiger partial charge in [-0.3, -0.25) is 14.3 Å². The van der Waals surface area contributed by atoms with Gasteiger partial charge in [0.05, 0.1) is 38.1 Å². The van der Waals surface area contributed by atoms with Gasteiger partial charge in [-0.25, -0.2) is 4.90 Å².